The Morgan fingerprint density at radius 3 is 2.67 bits per heavy atom. The van der Waals surface area contributed by atoms with E-state index in [0.717, 1.165) is 11.3 Å². The maximum atomic E-state index is 11.8. The molecule has 0 radical (unpaired) electrons. The predicted molar refractivity (Wildman–Crippen MR) is 43.1 cm³/mol. The maximum absolute atomic E-state index is 11.8. The number of unbranched alkanes of at least 4 members (excludes halogenated alkanes) is 1. The standard InChI is InChI=1S/C8H13F2NO/c1-3-4-5-6-11(2)8(12)7(9)10/h3,7H,1,4-6H2,2H3. The summed E-state index contributed by atoms with van der Waals surface area (Å²) in [4.78, 5) is 11.6. The van der Waals surface area contributed by atoms with Crippen molar-refractivity contribution in [1.29, 1.82) is 0 Å². The molecule has 0 saturated carbocycles. The van der Waals surface area contributed by atoms with Gasteiger partial charge in [-0.15, -0.1) is 6.58 Å². The van der Waals surface area contributed by atoms with Crippen molar-refractivity contribution in [2.75, 3.05) is 13.6 Å². The Bertz CT molecular complexity index is 159. The van der Waals surface area contributed by atoms with E-state index in [1.807, 2.05) is 0 Å². The third-order valence-corrected chi connectivity index (χ3v) is 1.46. The molecule has 0 bridgehead atoms. The van der Waals surface area contributed by atoms with Gasteiger partial charge in [-0.1, -0.05) is 6.08 Å². The SMILES string of the molecule is C=CCCCN(C)C(=O)C(F)F. The number of amides is 1. The monoisotopic (exact) mass is 177 g/mol. The van der Waals surface area contributed by atoms with Crippen LogP contribution < -0.4 is 0 Å². The summed E-state index contributed by atoms with van der Waals surface area (Å²) in [5.74, 6) is -1.11. The lowest BCUT2D eigenvalue weighted by Gasteiger charge is -2.15. The summed E-state index contributed by atoms with van der Waals surface area (Å²) in [6, 6.07) is 0. The van der Waals surface area contributed by atoms with Gasteiger partial charge in [0.05, 0.1) is 0 Å². The van der Waals surface area contributed by atoms with Gasteiger partial charge in [-0.25, -0.2) is 0 Å². The lowest BCUT2D eigenvalue weighted by Crippen LogP contribution is -2.32. The molecule has 2 nitrogen and oxygen atoms in total. The number of halogens is 2. The molecule has 0 aromatic rings. The Hall–Kier alpha value is -0.930. The highest BCUT2D eigenvalue weighted by molar-refractivity contribution is 5.78. The highest BCUT2D eigenvalue weighted by atomic mass is 19.3. The van der Waals surface area contributed by atoms with Crippen LogP contribution in [-0.4, -0.2) is 30.8 Å². The lowest BCUT2D eigenvalue weighted by molar-refractivity contribution is -0.141. The summed E-state index contributed by atoms with van der Waals surface area (Å²) in [5.41, 5.74) is 0. The molecule has 4 heteroatoms. The summed E-state index contributed by atoms with van der Waals surface area (Å²) in [6.45, 7) is 3.84. The van der Waals surface area contributed by atoms with E-state index in [-0.39, 0.29) is 0 Å². The summed E-state index contributed by atoms with van der Waals surface area (Å²) < 4.78 is 23.6. The summed E-state index contributed by atoms with van der Waals surface area (Å²) in [7, 11) is 1.37. The molecule has 0 spiro atoms. The minimum absolute atomic E-state index is 0.356. The Labute approximate surface area is 70.9 Å². The number of carbonyl (C=O) groups is 1. The first-order valence-corrected chi connectivity index (χ1v) is 3.73. The molecular weight excluding hydrogens is 164 g/mol. The Morgan fingerprint density at radius 2 is 2.25 bits per heavy atom. The number of allylic oxidation sites excluding steroid dienone is 1. The molecule has 0 aliphatic rings. The average molecular weight is 177 g/mol. The number of hydrogen-bond donors (Lipinski definition) is 0. The van der Waals surface area contributed by atoms with E-state index in [1.165, 1.54) is 7.05 Å². The quantitative estimate of drug-likeness (QED) is 0.462. The van der Waals surface area contributed by atoms with Crippen molar-refractivity contribution in [1.82, 2.24) is 4.90 Å². The van der Waals surface area contributed by atoms with Crippen molar-refractivity contribution in [3.63, 3.8) is 0 Å². The molecule has 0 aromatic heterocycles. The van der Waals surface area contributed by atoms with E-state index in [0.29, 0.717) is 13.0 Å². The molecule has 1 amide bonds. The second kappa shape index (κ2) is 5.69. The fourth-order valence-corrected chi connectivity index (χ4v) is 0.750. The molecule has 0 saturated heterocycles. The van der Waals surface area contributed by atoms with Crippen LogP contribution in [-0.2, 0) is 4.79 Å². The molecular formula is C8H13F2NO. The zero-order chi connectivity index (χ0) is 9.56. The molecule has 0 unspecified atom stereocenters. The second-order valence-corrected chi connectivity index (χ2v) is 2.49. The number of nitrogens with zero attached hydrogens (tertiary/aromatic N) is 1. The molecule has 0 fully saturated rings. The fraction of sp³-hybridized carbons (Fsp3) is 0.625. The van der Waals surface area contributed by atoms with Crippen LogP contribution in [0.5, 0.6) is 0 Å². The van der Waals surface area contributed by atoms with Crippen LogP contribution in [0.4, 0.5) is 8.78 Å². The van der Waals surface area contributed by atoms with Gasteiger partial charge in [-0.3, -0.25) is 4.79 Å². The van der Waals surface area contributed by atoms with Gasteiger partial charge in [0, 0.05) is 13.6 Å². The number of alkyl halides is 2. The van der Waals surface area contributed by atoms with Gasteiger partial charge in [0.2, 0.25) is 0 Å². The van der Waals surface area contributed by atoms with Crippen molar-refractivity contribution in [3.8, 4) is 0 Å². The van der Waals surface area contributed by atoms with E-state index < -0.39 is 12.3 Å². The predicted octanol–water partition coefficient (Wildman–Crippen LogP) is 1.68. The maximum Gasteiger partial charge on any atom is 0.315 e. The topological polar surface area (TPSA) is 20.3 Å². The largest absolute Gasteiger partial charge is 0.341 e. The molecule has 0 aliphatic heterocycles. The molecule has 0 aliphatic carbocycles. The third kappa shape index (κ3) is 4.05. The van der Waals surface area contributed by atoms with Crippen LogP contribution in [0.1, 0.15) is 12.8 Å². The Kier molecular flexibility index (Phi) is 5.25. The summed E-state index contributed by atoms with van der Waals surface area (Å²) in [6.07, 6.45) is 0.221. The lowest BCUT2D eigenvalue weighted by atomic mass is 10.3. The van der Waals surface area contributed by atoms with Crippen LogP contribution >= 0.6 is 0 Å². The van der Waals surface area contributed by atoms with Gasteiger partial charge < -0.3 is 4.90 Å². The molecule has 0 rings (SSSR count). The average Bonchev–Trinajstić information content (AvgIpc) is 2.03. The van der Waals surface area contributed by atoms with Crippen molar-refractivity contribution < 1.29 is 13.6 Å². The van der Waals surface area contributed by atoms with Crippen molar-refractivity contribution in [2.24, 2.45) is 0 Å². The highest BCUT2D eigenvalue weighted by Gasteiger charge is 2.18. The van der Waals surface area contributed by atoms with Crippen molar-refractivity contribution >= 4 is 5.91 Å². The summed E-state index contributed by atoms with van der Waals surface area (Å²) in [5, 5.41) is 0. The zero-order valence-corrected chi connectivity index (χ0v) is 7.09. The van der Waals surface area contributed by atoms with Crippen molar-refractivity contribution in [3.05, 3.63) is 12.7 Å². The number of carbonyl (C=O) groups excluding carboxylic acids is 1. The van der Waals surface area contributed by atoms with E-state index in [2.05, 4.69) is 6.58 Å². The van der Waals surface area contributed by atoms with E-state index >= 15 is 0 Å². The second-order valence-electron chi connectivity index (χ2n) is 2.49. The molecule has 12 heavy (non-hydrogen) atoms. The fourth-order valence-electron chi connectivity index (χ4n) is 0.750. The number of rotatable bonds is 5. The van der Waals surface area contributed by atoms with Crippen LogP contribution in [0.15, 0.2) is 12.7 Å². The summed E-state index contributed by atoms with van der Waals surface area (Å²) >= 11 is 0. The highest BCUT2D eigenvalue weighted by Crippen LogP contribution is 2.00. The Morgan fingerprint density at radius 1 is 1.67 bits per heavy atom. The smallest absolute Gasteiger partial charge is 0.315 e. The minimum Gasteiger partial charge on any atom is -0.341 e. The molecule has 0 N–H and O–H groups in total. The normalized spacial score (nSPS) is 10.0. The number of hydrogen-bond acceptors (Lipinski definition) is 1. The Balaban J connectivity index is 3.64. The molecule has 0 heterocycles. The van der Waals surface area contributed by atoms with Crippen LogP contribution in [0.25, 0.3) is 0 Å². The first-order valence-electron chi connectivity index (χ1n) is 3.73. The zero-order valence-electron chi connectivity index (χ0n) is 7.09. The van der Waals surface area contributed by atoms with Crippen molar-refractivity contribution in [2.45, 2.75) is 19.3 Å². The van der Waals surface area contributed by atoms with E-state index in [4.69, 9.17) is 0 Å². The molecule has 70 valence electrons. The van der Waals surface area contributed by atoms with Gasteiger partial charge in [-0.05, 0) is 12.8 Å². The minimum atomic E-state index is -2.89. The van der Waals surface area contributed by atoms with Gasteiger partial charge in [-0.2, -0.15) is 8.78 Å². The van der Waals surface area contributed by atoms with Gasteiger partial charge >= 0.3 is 6.43 Å². The first-order chi connectivity index (χ1) is 5.59. The van der Waals surface area contributed by atoms with E-state index in [9.17, 15) is 13.6 Å². The van der Waals surface area contributed by atoms with Gasteiger partial charge in [0.25, 0.3) is 5.91 Å². The van der Waals surface area contributed by atoms with Gasteiger partial charge in [0.1, 0.15) is 0 Å². The van der Waals surface area contributed by atoms with Crippen LogP contribution in [0, 0.1) is 0 Å². The van der Waals surface area contributed by atoms with E-state index in [1.54, 1.807) is 6.08 Å². The molecule has 0 atom stereocenters. The first kappa shape index (κ1) is 11.1. The van der Waals surface area contributed by atoms with Crippen LogP contribution in [0.2, 0.25) is 0 Å². The van der Waals surface area contributed by atoms with Crippen LogP contribution in [0.3, 0.4) is 0 Å². The third-order valence-electron chi connectivity index (χ3n) is 1.46. The van der Waals surface area contributed by atoms with Gasteiger partial charge in [0.15, 0.2) is 0 Å². The molecule has 0 aromatic carbocycles.